The minimum absolute atomic E-state index is 0. The molecule has 12 heteroatoms. The summed E-state index contributed by atoms with van der Waals surface area (Å²) in [6.45, 7) is 3.78. The van der Waals surface area contributed by atoms with Crippen molar-refractivity contribution in [1.29, 1.82) is 0 Å². The second-order valence-electron chi connectivity index (χ2n) is 8.70. The van der Waals surface area contributed by atoms with Crippen molar-refractivity contribution in [3.05, 3.63) is 40.8 Å². The Labute approximate surface area is 220 Å². The number of carboxylic acids is 1. The molecule has 3 rings (SSSR count). The van der Waals surface area contributed by atoms with Crippen LogP contribution in [0.4, 0.5) is 10.3 Å². The number of hydrogen-bond donors (Lipinski definition) is 2. The molecule has 0 radical (unpaired) electrons. The Balaban J connectivity index is 0.00000408. The van der Waals surface area contributed by atoms with Gasteiger partial charge in [0.25, 0.3) is 0 Å². The fraction of sp³-hybridized carbons (Fsp3) is 0.500. The van der Waals surface area contributed by atoms with Crippen LogP contribution in [0.2, 0.25) is 0 Å². The van der Waals surface area contributed by atoms with E-state index in [1.54, 1.807) is 0 Å². The van der Waals surface area contributed by atoms with Crippen molar-refractivity contribution in [3.63, 3.8) is 0 Å². The molecule has 1 aliphatic carbocycles. The van der Waals surface area contributed by atoms with Gasteiger partial charge in [-0.1, -0.05) is 13.8 Å². The molecule has 2 unspecified atom stereocenters. The molecule has 0 amide bonds. The number of carbonyl (C=O) groups is 1. The summed E-state index contributed by atoms with van der Waals surface area (Å²) in [6, 6.07) is 4.04. The molecule has 0 saturated carbocycles. The first-order valence-corrected chi connectivity index (χ1v) is 12.3. The van der Waals surface area contributed by atoms with Gasteiger partial charge < -0.3 is 20.1 Å². The summed E-state index contributed by atoms with van der Waals surface area (Å²) in [6.07, 6.45) is -2.12. The molecule has 0 fully saturated rings. The third kappa shape index (κ3) is 6.13. The predicted octanol–water partition coefficient (Wildman–Crippen LogP) is -2.30. The van der Waals surface area contributed by atoms with Gasteiger partial charge in [0, 0.05) is 42.9 Å². The van der Waals surface area contributed by atoms with Gasteiger partial charge in [0.05, 0.1) is 29.9 Å². The first kappa shape index (κ1) is 28.6. The fourth-order valence-corrected chi connectivity index (χ4v) is 4.51. The number of aliphatic carboxylic acids is 1. The van der Waals surface area contributed by atoms with Crippen molar-refractivity contribution in [2.45, 2.75) is 57.2 Å². The second kappa shape index (κ2) is 11.0. The van der Waals surface area contributed by atoms with Crippen LogP contribution in [0.5, 0.6) is 0 Å². The molecule has 0 aliphatic heterocycles. The number of aliphatic hydroxyl groups excluding tert-OH is 2. The van der Waals surface area contributed by atoms with Gasteiger partial charge in [-0.2, -0.15) is 0 Å². The van der Waals surface area contributed by atoms with E-state index in [2.05, 4.69) is 9.97 Å². The van der Waals surface area contributed by atoms with E-state index < -0.39 is 46.4 Å². The van der Waals surface area contributed by atoms with Crippen LogP contribution in [0.3, 0.4) is 0 Å². The Morgan fingerprint density at radius 2 is 1.94 bits per heavy atom. The van der Waals surface area contributed by atoms with Gasteiger partial charge in [-0.3, -0.25) is 0 Å². The third-order valence-electron chi connectivity index (χ3n) is 5.83. The van der Waals surface area contributed by atoms with Gasteiger partial charge in [0.1, 0.15) is 5.82 Å². The number of anilines is 1. The number of aliphatic hydroxyl groups is 2. The van der Waals surface area contributed by atoms with E-state index in [1.807, 2.05) is 13.8 Å². The first-order chi connectivity index (χ1) is 15.3. The minimum atomic E-state index is -3.63. The molecule has 34 heavy (non-hydrogen) atoms. The number of halogens is 1. The Hall–Kier alpha value is -1.63. The van der Waals surface area contributed by atoms with Gasteiger partial charge >= 0.3 is 29.6 Å². The minimum Gasteiger partial charge on any atom is -0.550 e. The molecular weight excluding hydrogens is 476 g/mol. The number of hydrogen-bond acceptors (Lipinski definition) is 8. The summed E-state index contributed by atoms with van der Waals surface area (Å²) in [5.41, 5.74) is 2.69. The van der Waals surface area contributed by atoms with Gasteiger partial charge in [-0.05, 0) is 36.1 Å². The van der Waals surface area contributed by atoms with E-state index >= 15 is 0 Å². The van der Waals surface area contributed by atoms with Crippen LogP contribution in [-0.2, 0) is 21.2 Å². The average molecular weight is 504 g/mol. The topological polar surface area (TPSA) is 144 Å². The normalized spacial score (nSPS) is 16.8. The third-order valence-corrected chi connectivity index (χ3v) is 6.98. The van der Waals surface area contributed by atoms with E-state index in [9.17, 15) is 32.9 Å². The summed E-state index contributed by atoms with van der Waals surface area (Å²) in [5, 5.41) is 31.7. The van der Waals surface area contributed by atoms with Crippen LogP contribution >= 0.6 is 0 Å². The predicted molar refractivity (Wildman–Crippen MR) is 117 cm³/mol. The summed E-state index contributed by atoms with van der Waals surface area (Å²) < 4.78 is 39.3. The number of rotatable bonds is 8. The number of carboxylic acid groups (broad SMARTS) is 1. The summed E-state index contributed by atoms with van der Waals surface area (Å²) in [7, 11) is -2.28. The molecule has 9 nitrogen and oxygen atoms in total. The zero-order valence-electron chi connectivity index (χ0n) is 19.8. The van der Waals surface area contributed by atoms with Crippen molar-refractivity contribution in [2.24, 2.45) is 0 Å². The van der Waals surface area contributed by atoms with E-state index in [0.717, 1.165) is 10.6 Å². The van der Waals surface area contributed by atoms with Crippen molar-refractivity contribution in [2.75, 3.05) is 17.6 Å². The molecule has 1 heterocycles. The smallest absolute Gasteiger partial charge is 0.550 e. The molecule has 180 valence electrons. The van der Waals surface area contributed by atoms with Crippen molar-refractivity contribution in [1.82, 2.24) is 9.97 Å². The van der Waals surface area contributed by atoms with E-state index in [1.165, 1.54) is 25.2 Å². The number of benzene rings is 1. The summed E-state index contributed by atoms with van der Waals surface area (Å²) in [4.78, 5) is 19.8. The first-order valence-electron chi connectivity index (χ1n) is 10.5. The Kier molecular flexibility index (Phi) is 9.22. The van der Waals surface area contributed by atoms with Gasteiger partial charge in [-0.15, -0.1) is 0 Å². The Bertz CT molecular complexity index is 1180. The zero-order chi connectivity index (χ0) is 24.7. The van der Waals surface area contributed by atoms with Crippen LogP contribution in [-0.4, -0.2) is 60.1 Å². The number of sulfonamides is 1. The van der Waals surface area contributed by atoms with Crippen LogP contribution in [0, 0.1) is 5.82 Å². The van der Waals surface area contributed by atoms with Gasteiger partial charge in [-0.25, -0.2) is 27.1 Å². The SMILES string of the molecule is CC(C)c1nc(N(C)S(C)(=O)=O)nc2c1CC(C(O)C[C@@H](O)CC(=O)[O-])c1cc(F)ccc1-2.[Na+]. The number of fused-ring (bicyclic) bond motifs is 3. The van der Waals surface area contributed by atoms with Crippen LogP contribution < -0.4 is 39.0 Å². The molecule has 1 aromatic carbocycles. The molecule has 0 spiro atoms. The Morgan fingerprint density at radius 1 is 1.29 bits per heavy atom. The summed E-state index contributed by atoms with van der Waals surface area (Å²) in [5.74, 6) is -2.75. The molecule has 2 aromatic rings. The van der Waals surface area contributed by atoms with Gasteiger partial charge in [0.2, 0.25) is 16.0 Å². The Morgan fingerprint density at radius 3 is 2.50 bits per heavy atom. The van der Waals surface area contributed by atoms with Crippen LogP contribution in [0.25, 0.3) is 11.3 Å². The molecular formula is C22H27FN3NaO6S. The van der Waals surface area contributed by atoms with Crippen LogP contribution in [0.15, 0.2) is 18.2 Å². The van der Waals surface area contributed by atoms with E-state index in [4.69, 9.17) is 0 Å². The van der Waals surface area contributed by atoms with Crippen molar-refractivity contribution < 1.29 is 62.5 Å². The average Bonchev–Trinajstić information content (AvgIpc) is 2.69. The molecule has 1 aromatic heterocycles. The maximum atomic E-state index is 14.2. The molecule has 2 N–H and O–H groups in total. The van der Waals surface area contributed by atoms with Crippen molar-refractivity contribution >= 4 is 21.9 Å². The maximum Gasteiger partial charge on any atom is 1.00 e. The van der Waals surface area contributed by atoms with Crippen molar-refractivity contribution in [3.8, 4) is 11.3 Å². The molecule has 3 atom stereocenters. The molecule has 1 aliphatic rings. The fourth-order valence-electron chi connectivity index (χ4n) is 4.13. The number of carbonyl (C=O) groups excluding carboxylic acids is 1. The largest absolute Gasteiger partial charge is 1.00 e. The second-order valence-corrected chi connectivity index (χ2v) is 10.7. The molecule has 0 saturated heterocycles. The number of nitrogens with zero attached hydrogens (tertiary/aromatic N) is 3. The van der Waals surface area contributed by atoms with E-state index in [-0.39, 0.29) is 54.3 Å². The van der Waals surface area contributed by atoms with Crippen LogP contribution in [0.1, 0.15) is 55.3 Å². The maximum absolute atomic E-state index is 14.2. The monoisotopic (exact) mass is 503 g/mol. The van der Waals surface area contributed by atoms with E-state index in [0.29, 0.717) is 28.1 Å². The zero-order valence-corrected chi connectivity index (χ0v) is 22.6. The molecule has 0 bridgehead atoms. The standard InChI is InChI=1S/C22H28FN3O6S.Na/c1-11(2)20-17-10-16(18(28)8-13(27)9-19(29)30)15-7-12(23)5-6-14(15)21(17)25-22(24-20)26(3)33(4,31)32;/h5-7,11,13,16,18,27-28H,8-10H2,1-4H3,(H,29,30);/q;+1/p-1/t13-,16?,18?;/m1./s1. The summed E-state index contributed by atoms with van der Waals surface area (Å²) >= 11 is 0. The quantitative estimate of drug-likeness (QED) is 0.383. The number of aromatic nitrogens is 2. The van der Waals surface area contributed by atoms with Gasteiger partial charge in [0.15, 0.2) is 0 Å².